The first-order chi connectivity index (χ1) is 27.7. The predicted octanol–water partition coefficient (Wildman–Crippen LogP) is 7.45. The van der Waals surface area contributed by atoms with Crippen LogP contribution in [-0.2, 0) is 21.3 Å². The highest BCUT2D eigenvalue weighted by molar-refractivity contribution is 7.99. The maximum Gasteiger partial charge on any atom is 0.264 e. The summed E-state index contributed by atoms with van der Waals surface area (Å²) in [6.45, 7) is 10.4. The Hall–Kier alpha value is -4.43. The van der Waals surface area contributed by atoms with Gasteiger partial charge >= 0.3 is 0 Å². The number of rotatable bonds is 15. The van der Waals surface area contributed by atoms with Crippen molar-refractivity contribution >= 4 is 50.7 Å². The van der Waals surface area contributed by atoms with Gasteiger partial charge in [-0.15, -0.1) is 11.8 Å². The number of ether oxygens (including phenoxy) is 1. The van der Waals surface area contributed by atoms with E-state index in [0.717, 1.165) is 106 Å². The number of hydrogen-bond acceptors (Lipinski definition) is 10. The number of anilines is 2. The summed E-state index contributed by atoms with van der Waals surface area (Å²) in [5.41, 5.74) is 6.10. The Morgan fingerprint density at radius 3 is 2.32 bits per heavy atom. The van der Waals surface area contributed by atoms with Crippen molar-refractivity contribution in [2.75, 3.05) is 75.0 Å². The molecule has 57 heavy (non-hydrogen) atoms. The van der Waals surface area contributed by atoms with E-state index in [9.17, 15) is 13.2 Å². The van der Waals surface area contributed by atoms with E-state index < -0.39 is 15.9 Å². The number of thioether (sulfide) groups is 1. The van der Waals surface area contributed by atoms with E-state index in [-0.39, 0.29) is 16.5 Å². The van der Waals surface area contributed by atoms with Gasteiger partial charge in [0, 0.05) is 103 Å². The van der Waals surface area contributed by atoms with Crippen molar-refractivity contribution in [1.29, 1.82) is 0 Å². The van der Waals surface area contributed by atoms with Crippen molar-refractivity contribution in [2.45, 2.75) is 35.7 Å². The average molecular weight is 826 g/mol. The Bertz CT molecular complexity index is 2200. The number of aromatic nitrogens is 1. The summed E-state index contributed by atoms with van der Waals surface area (Å²) in [5.74, 6) is 0.192. The average Bonchev–Trinajstić information content (AvgIpc) is 3.24. The molecule has 0 spiro atoms. The molecule has 2 aliphatic heterocycles. The molecule has 0 bridgehead atoms. The van der Waals surface area contributed by atoms with Gasteiger partial charge in [0.15, 0.2) is 0 Å². The number of aryl methyl sites for hydroxylation is 1. The number of nitrogens with one attached hydrogen (secondary N) is 2. The lowest BCUT2D eigenvalue weighted by atomic mass is 10.1. The van der Waals surface area contributed by atoms with Gasteiger partial charge in [0.25, 0.3) is 15.9 Å². The topological polar surface area (TPSA) is 107 Å². The van der Waals surface area contributed by atoms with Crippen molar-refractivity contribution in [1.82, 2.24) is 19.5 Å². The molecule has 2 aliphatic rings. The lowest BCUT2D eigenvalue weighted by Gasteiger charge is -2.36. The molecule has 13 heteroatoms. The third-order valence-electron chi connectivity index (χ3n) is 10.5. The Balaban J connectivity index is 0.926. The predicted molar refractivity (Wildman–Crippen MR) is 231 cm³/mol. The van der Waals surface area contributed by atoms with Crippen LogP contribution in [0.15, 0.2) is 125 Å². The second-order valence-corrected chi connectivity index (χ2v) is 17.7. The maximum atomic E-state index is 13.4. The van der Waals surface area contributed by atoms with Crippen LogP contribution >= 0.6 is 23.4 Å². The van der Waals surface area contributed by atoms with Crippen LogP contribution in [0.2, 0.25) is 5.02 Å². The van der Waals surface area contributed by atoms with Crippen LogP contribution in [0.4, 0.5) is 11.4 Å². The Kier molecular flexibility index (Phi) is 13.8. The van der Waals surface area contributed by atoms with E-state index in [1.807, 2.05) is 73.8 Å². The van der Waals surface area contributed by atoms with Crippen molar-refractivity contribution < 1.29 is 17.9 Å². The van der Waals surface area contributed by atoms with Gasteiger partial charge in [-0.2, -0.15) is 0 Å². The minimum absolute atomic E-state index is 0.0449. The number of nitrogens with zero attached hydrogens (tertiary/aromatic N) is 4. The maximum absolute atomic E-state index is 13.4. The first-order valence-corrected chi connectivity index (χ1v) is 22.2. The van der Waals surface area contributed by atoms with Crippen LogP contribution in [0.3, 0.4) is 0 Å². The van der Waals surface area contributed by atoms with Crippen LogP contribution in [0.5, 0.6) is 0 Å². The van der Waals surface area contributed by atoms with E-state index in [4.69, 9.17) is 16.3 Å². The number of halogens is 1. The lowest BCUT2D eigenvalue weighted by Crippen LogP contribution is -2.46. The van der Waals surface area contributed by atoms with Crippen LogP contribution in [0.1, 0.15) is 27.9 Å². The Morgan fingerprint density at radius 1 is 0.860 bits per heavy atom. The molecule has 10 nitrogen and oxygen atoms in total. The summed E-state index contributed by atoms with van der Waals surface area (Å²) in [7, 11) is -4.11. The van der Waals surface area contributed by atoms with E-state index in [1.54, 1.807) is 42.1 Å². The molecule has 0 radical (unpaired) electrons. The highest BCUT2D eigenvalue weighted by Crippen LogP contribution is 2.27. The second-order valence-electron chi connectivity index (χ2n) is 14.4. The molecule has 0 unspecified atom stereocenters. The fourth-order valence-corrected chi connectivity index (χ4v) is 9.34. The number of hydrogen-bond donors (Lipinski definition) is 2. The minimum Gasteiger partial charge on any atom is -0.381 e. The van der Waals surface area contributed by atoms with Crippen molar-refractivity contribution in [2.24, 2.45) is 0 Å². The van der Waals surface area contributed by atoms with Gasteiger partial charge < -0.3 is 15.0 Å². The second kappa shape index (κ2) is 19.3. The summed E-state index contributed by atoms with van der Waals surface area (Å²) >= 11 is 7.91. The van der Waals surface area contributed by atoms with E-state index in [1.165, 1.54) is 10.5 Å². The molecule has 298 valence electrons. The summed E-state index contributed by atoms with van der Waals surface area (Å²) in [6, 6.07) is 34.5. The molecule has 0 aliphatic carbocycles. The Labute approximate surface area is 345 Å². The number of benzene rings is 4. The smallest absolute Gasteiger partial charge is 0.264 e. The van der Waals surface area contributed by atoms with Gasteiger partial charge in [0.2, 0.25) is 0 Å². The third kappa shape index (κ3) is 11.2. The zero-order chi connectivity index (χ0) is 39.6. The van der Waals surface area contributed by atoms with Crippen molar-refractivity contribution in [3.05, 3.63) is 137 Å². The highest BCUT2D eigenvalue weighted by atomic mass is 35.5. The molecule has 2 N–H and O–H groups in total. The van der Waals surface area contributed by atoms with Gasteiger partial charge in [-0.25, -0.2) is 13.1 Å². The molecule has 2 saturated heterocycles. The summed E-state index contributed by atoms with van der Waals surface area (Å²) in [4.78, 5) is 26.3. The van der Waals surface area contributed by atoms with Crippen LogP contribution < -0.4 is 14.9 Å². The zero-order valence-corrected chi connectivity index (χ0v) is 34.5. The van der Waals surface area contributed by atoms with E-state index >= 15 is 0 Å². The molecule has 1 aromatic heterocycles. The number of piperazine rings is 1. The number of morpholine rings is 1. The summed E-state index contributed by atoms with van der Waals surface area (Å²) in [5, 5.41) is 4.38. The molecule has 1 amide bonds. The fourth-order valence-electron chi connectivity index (χ4n) is 7.16. The first-order valence-electron chi connectivity index (χ1n) is 19.4. The normalized spacial score (nSPS) is 15.9. The molecule has 2 fully saturated rings. The molecular formula is C44H49ClN6O4S2. The number of pyridine rings is 1. The quantitative estimate of drug-likeness (QED) is 0.104. The largest absolute Gasteiger partial charge is 0.381 e. The van der Waals surface area contributed by atoms with Crippen LogP contribution in [0, 0.1) is 6.92 Å². The molecule has 1 atom stereocenters. The number of carbonyl (C=O) groups excluding carboxylic acids is 1. The highest BCUT2D eigenvalue weighted by Gasteiger charge is 2.23. The molecule has 5 aromatic rings. The van der Waals surface area contributed by atoms with Crippen LogP contribution in [-0.4, -0.2) is 99.9 Å². The molecule has 4 aromatic carbocycles. The molecule has 3 heterocycles. The molecule has 7 rings (SSSR count). The summed E-state index contributed by atoms with van der Waals surface area (Å²) in [6.07, 6.45) is 2.75. The molecule has 0 saturated carbocycles. The van der Waals surface area contributed by atoms with Crippen molar-refractivity contribution in [3.8, 4) is 11.3 Å². The number of carbonyl (C=O) groups is 1. The number of sulfonamides is 1. The minimum atomic E-state index is -4.11. The standard InChI is InChI=1S/C44H49ClN6O4S2/c1-33-30-41(17-18-42(33)47-38(19-21-49-26-28-55-29-27-49)32-56-40-7-3-2-4-8-40)57(53,54)48-44(52)35-11-15-39(16-12-35)51-24-22-50(23-25-51)31-36-6-5-20-46-43(36)34-9-13-37(45)14-10-34/h2-18,20,30,38,47H,19,21-29,31-32H2,1H3,(H,48,52)/t38-/m1/s1. The third-order valence-corrected chi connectivity index (χ3v) is 13.2. The van der Waals surface area contributed by atoms with Gasteiger partial charge in [-0.05, 0) is 97.3 Å². The lowest BCUT2D eigenvalue weighted by molar-refractivity contribution is 0.0370. The fraction of sp³-hybridized carbons (Fsp3) is 0.318. The van der Waals surface area contributed by atoms with E-state index in [2.05, 4.69) is 47.9 Å². The van der Waals surface area contributed by atoms with Crippen molar-refractivity contribution in [3.63, 3.8) is 0 Å². The van der Waals surface area contributed by atoms with Gasteiger partial charge in [0.05, 0.1) is 23.8 Å². The zero-order valence-electron chi connectivity index (χ0n) is 32.1. The van der Waals surface area contributed by atoms with E-state index in [0.29, 0.717) is 5.02 Å². The van der Waals surface area contributed by atoms with Gasteiger partial charge in [-0.3, -0.25) is 19.6 Å². The number of amides is 1. The van der Waals surface area contributed by atoms with Gasteiger partial charge in [0.1, 0.15) is 0 Å². The van der Waals surface area contributed by atoms with Crippen LogP contribution in [0.25, 0.3) is 11.3 Å². The first kappa shape index (κ1) is 40.8. The Morgan fingerprint density at radius 2 is 1.60 bits per heavy atom. The van der Waals surface area contributed by atoms with Gasteiger partial charge in [-0.1, -0.05) is 48.0 Å². The SMILES string of the molecule is Cc1cc(S(=O)(=O)NC(=O)c2ccc(N3CCN(Cc4cccnc4-c4ccc(Cl)cc4)CC3)cc2)ccc1N[C@H](CCN1CCOCC1)CSc1ccccc1. The monoisotopic (exact) mass is 824 g/mol. The summed E-state index contributed by atoms with van der Waals surface area (Å²) < 4.78 is 34.7. The molecular weight excluding hydrogens is 776 g/mol.